The van der Waals surface area contributed by atoms with Crippen molar-refractivity contribution in [3.8, 4) is 5.75 Å². The number of amides is 2. The second-order valence-corrected chi connectivity index (χ2v) is 5.78. The summed E-state index contributed by atoms with van der Waals surface area (Å²) in [5.74, 6) is -0.707. The highest BCUT2D eigenvalue weighted by atomic mass is 16.5. The number of benzene rings is 1. The number of ether oxygens (including phenoxy) is 1. The molecule has 3 rings (SSSR count). The molecular weight excluding hydrogens is 370 g/mol. The molecule has 3 N–H and O–H groups in total. The Balaban J connectivity index is 1.74. The highest BCUT2D eigenvalue weighted by molar-refractivity contribution is 5.94. The van der Waals surface area contributed by atoms with E-state index in [0.717, 1.165) is 0 Å². The molecule has 28 heavy (non-hydrogen) atoms. The quantitative estimate of drug-likeness (QED) is 0.446. The number of fused-ring (bicyclic) bond motifs is 1. The van der Waals surface area contributed by atoms with E-state index in [-0.39, 0.29) is 12.0 Å². The van der Waals surface area contributed by atoms with Crippen molar-refractivity contribution in [2.75, 3.05) is 19.1 Å². The van der Waals surface area contributed by atoms with Gasteiger partial charge < -0.3 is 19.6 Å². The predicted octanol–water partition coefficient (Wildman–Crippen LogP) is -0.817. The van der Waals surface area contributed by atoms with Gasteiger partial charge in [-0.3, -0.25) is 15.0 Å². The number of carbonyl (C=O) groups is 2. The van der Waals surface area contributed by atoms with Crippen LogP contribution in [0.4, 0.5) is 0 Å². The normalized spacial score (nSPS) is 11.8. The van der Waals surface area contributed by atoms with Crippen LogP contribution in [0.5, 0.6) is 5.75 Å². The third-order valence-corrected chi connectivity index (χ3v) is 3.88. The Morgan fingerprint density at radius 1 is 1.29 bits per heavy atom. The summed E-state index contributed by atoms with van der Waals surface area (Å²) < 4.78 is 11.4. The van der Waals surface area contributed by atoms with Gasteiger partial charge in [-0.2, -0.15) is 0 Å². The first-order chi connectivity index (χ1) is 13.5. The number of nitrogens with one attached hydrogen (secondary N) is 2. The van der Waals surface area contributed by atoms with Crippen molar-refractivity contribution >= 4 is 22.8 Å². The summed E-state index contributed by atoms with van der Waals surface area (Å²) in [5, 5.41) is 19.5. The van der Waals surface area contributed by atoms with Crippen LogP contribution in [0.1, 0.15) is 5.56 Å². The van der Waals surface area contributed by atoms with Crippen LogP contribution in [0, 0.1) is 0 Å². The Labute approximate surface area is 157 Å². The molecule has 0 fully saturated rings. The van der Waals surface area contributed by atoms with Crippen LogP contribution in [0.2, 0.25) is 0 Å². The van der Waals surface area contributed by atoms with Gasteiger partial charge in [0.15, 0.2) is 0 Å². The zero-order valence-electron chi connectivity index (χ0n) is 14.8. The SMILES string of the molecule is COc1ccc2c(CC(=O)NC(CO)C(=O)Nn3cnnc3)cc(=O)oc2c1. The molecule has 2 amide bonds. The average molecular weight is 387 g/mol. The summed E-state index contributed by atoms with van der Waals surface area (Å²) in [7, 11) is 1.48. The molecule has 0 spiro atoms. The molecule has 2 aromatic heterocycles. The molecule has 11 heteroatoms. The largest absolute Gasteiger partial charge is 0.497 e. The maximum absolute atomic E-state index is 12.4. The Morgan fingerprint density at radius 2 is 2.04 bits per heavy atom. The lowest BCUT2D eigenvalue weighted by Crippen LogP contribution is -2.48. The summed E-state index contributed by atoms with van der Waals surface area (Å²) in [6, 6.07) is 4.90. The van der Waals surface area contributed by atoms with Gasteiger partial charge in [-0.1, -0.05) is 0 Å². The van der Waals surface area contributed by atoms with Gasteiger partial charge in [0.25, 0.3) is 5.91 Å². The number of aliphatic hydroxyl groups is 1. The van der Waals surface area contributed by atoms with Crippen molar-refractivity contribution in [2.45, 2.75) is 12.5 Å². The first kappa shape index (κ1) is 19.0. The lowest BCUT2D eigenvalue weighted by atomic mass is 10.1. The number of aliphatic hydroxyl groups excluding tert-OH is 1. The second kappa shape index (κ2) is 8.31. The molecule has 1 atom stereocenters. The number of nitrogens with zero attached hydrogens (tertiary/aromatic N) is 3. The zero-order chi connectivity index (χ0) is 20.1. The number of rotatable bonds is 7. The predicted molar refractivity (Wildman–Crippen MR) is 96.1 cm³/mol. The van der Waals surface area contributed by atoms with Crippen molar-refractivity contribution in [1.82, 2.24) is 20.2 Å². The van der Waals surface area contributed by atoms with Crippen molar-refractivity contribution in [2.24, 2.45) is 0 Å². The molecule has 0 aliphatic rings. The first-order valence-corrected chi connectivity index (χ1v) is 8.16. The number of hydrogen-bond donors (Lipinski definition) is 3. The topological polar surface area (TPSA) is 149 Å². The summed E-state index contributed by atoms with van der Waals surface area (Å²) in [6.07, 6.45) is 2.31. The lowest BCUT2D eigenvalue weighted by Gasteiger charge is -2.16. The summed E-state index contributed by atoms with van der Waals surface area (Å²) >= 11 is 0. The fourth-order valence-electron chi connectivity index (χ4n) is 2.56. The second-order valence-electron chi connectivity index (χ2n) is 5.78. The number of methoxy groups -OCH3 is 1. The van der Waals surface area contributed by atoms with Crippen LogP contribution >= 0.6 is 0 Å². The summed E-state index contributed by atoms with van der Waals surface area (Å²) in [4.78, 5) is 36.3. The third-order valence-electron chi connectivity index (χ3n) is 3.88. The Bertz CT molecular complexity index is 1050. The minimum atomic E-state index is -1.19. The summed E-state index contributed by atoms with van der Waals surface area (Å²) in [5.41, 5.74) is 2.47. The molecule has 0 aliphatic carbocycles. The molecule has 1 unspecified atom stereocenters. The lowest BCUT2D eigenvalue weighted by molar-refractivity contribution is -0.127. The van der Waals surface area contributed by atoms with Crippen LogP contribution < -0.4 is 21.1 Å². The first-order valence-electron chi connectivity index (χ1n) is 8.16. The maximum atomic E-state index is 12.4. The van der Waals surface area contributed by atoms with Gasteiger partial charge in [-0.15, -0.1) is 10.2 Å². The fourth-order valence-corrected chi connectivity index (χ4v) is 2.56. The minimum Gasteiger partial charge on any atom is -0.497 e. The zero-order valence-corrected chi connectivity index (χ0v) is 14.8. The van der Waals surface area contributed by atoms with Crippen molar-refractivity contribution < 1.29 is 23.8 Å². The number of aromatic nitrogens is 3. The van der Waals surface area contributed by atoms with Crippen molar-refractivity contribution in [3.63, 3.8) is 0 Å². The molecule has 0 aliphatic heterocycles. The molecule has 2 heterocycles. The average Bonchev–Trinajstić information content (AvgIpc) is 3.18. The van der Waals surface area contributed by atoms with Gasteiger partial charge in [0.2, 0.25) is 5.91 Å². The fraction of sp³-hybridized carbons (Fsp3) is 0.235. The standard InChI is InChI=1S/C17H17N5O6/c1-27-11-2-3-12-10(5-16(25)28-14(12)6-11)4-15(24)20-13(7-23)17(26)21-22-8-18-19-9-22/h2-3,5-6,8-9,13,23H,4,7H2,1H3,(H,20,24)(H,21,26). The number of carbonyl (C=O) groups excluding carboxylic acids is 2. The molecule has 3 aromatic rings. The van der Waals surface area contributed by atoms with Gasteiger partial charge in [0.05, 0.1) is 20.1 Å². The van der Waals surface area contributed by atoms with Crippen LogP contribution in [0.25, 0.3) is 11.0 Å². The molecule has 1 aromatic carbocycles. The molecule has 0 saturated heterocycles. The summed E-state index contributed by atoms with van der Waals surface area (Å²) in [6.45, 7) is -0.616. The van der Waals surface area contributed by atoms with Gasteiger partial charge in [-0.25, -0.2) is 9.47 Å². The minimum absolute atomic E-state index is 0.190. The molecular formula is C17H17N5O6. The third kappa shape index (κ3) is 4.32. The molecule has 0 radical (unpaired) electrons. The highest BCUT2D eigenvalue weighted by Gasteiger charge is 2.21. The molecule has 0 bridgehead atoms. The van der Waals surface area contributed by atoms with E-state index in [4.69, 9.17) is 9.15 Å². The van der Waals surface area contributed by atoms with E-state index >= 15 is 0 Å². The van der Waals surface area contributed by atoms with E-state index in [2.05, 4.69) is 20.9 Å². The van der Waals surface area contributed by atoms with Gasteiger partial charge in [0, 0.05) is 17.5 Å². The van der Waals surface area contributed by atoms with Crippen LogP contribution in [0.3, 0.4) is 0 Å². The van der Waals surface area contributed by atoms with Crippen molar-refractivity contribution in [1.29, 1.82) is 0 Å². The smallest absolute Gasteiger partial charge is 0.336 e. The monoisotopic (exact) mass is 387 g/mol. The molecule has 146 valence electrons. The van der Waals surface area contributed by atoms with Crippen LogP contribution in [-0.2, 0) is 16.0 Å². The molecule has 11 nitrogen and oxygen atoms in total. The van der Waals surface area contributed by atoms with E-state index in [9.17, 15) is 19.5 Å². The maximum Gasteiger partial charge on any atom is 0.336 e. The van der Waals surface area contributed by atoms with Crippen molar-refractivity contribution in [3.05, 3.63) is 52.9 Å². The van der Waals surface area contributed by atoms with E-state index in [0.29, 0.717) is 16.7 Å². The van der Waals surface area contributed by atoms with E-state index in [1.54, 1.807) is 18.2 Å². The van der Waals surface area contributed by atoms with E-state index in [1.807, 2.05) is 0 Å². The van der Waals surface area contributed by atoms with Crippen LogP contribution in [-0.4, -0.2) is 51.6 Å². The Kier molecular flexibility index (Phi) is 5.65. The van der Waals surface area contributed by atoms with Gasteiger partial charge in [-0.05, 0) is 17.7 Å². The highest BCUT2D eigenvalue weighted by Crippen LogP contribution is 2.22. The number of hydrogen-bond acceptors (Lipinski definition) is 8. The van der Waals surface area contributed by atoms with Gasteiger partial charge >= 0.3 is 5.63 Å². The van der Waals surface area contributed by atoms with Crippen LogP contribution in [0.15, 0.2) is 46.1 Å². The Hall–Kier alpha value is -3.73. The van der Waals surface area contributed by atoms with Gasteiger partial charge in [0.1, 0.15) is 30.0 Å². The molecule has 0 saturated carbocycles. The van der Waals surface area contributed by atoms with E-state index < -0.39 is 30.1 Å². The Morgan fingerprint density at radius 3 is 2.71 bits per heavy atom. The van der Waals surface area contributed by atoms with E-state index in [1.165, 1.54) is 30.5 Å².